The predicted molar refractivity (Wildman–Crippen MR) is 151 cm³/mol. The van der Waals surface area contributed by atoms with Crippen LogP contribution in [-0.2, 0) is 0 Å². The Morgan fingerprint density at radius 1 is 0.400 bits per heavy atom. The molecule has 0 aliphatic rings. The van der Waals surface area contributed by atoms with Crippen molar-refractivity contribution >= 4 is 0 Å². The summed E-state index contributed by atoms with van der Waals surface area (Å²) in [5.74, 6) is 1.86. The molecule has 0 aliphatic carbocycles. The van der Waals surface area contributed by atoms with Crippen LogP contribution < -0.4 is 0 Å². The summed E-state index contributed by atoms with van der Waals surface area (Å²) < 4.78 is 0. The normalized spacial score (nSPS) is 14.7. The Bertz CT molecular complexity index is 1050. The van der Waals surface area contributed by atoms with Crippen LogP contribution in [0.5, 0.6) is 0 Å². The van der Waals surface area contributed by atoms with Crippen LogP contribution in [0.2, 0.25) is 0 Å². The van der Waals surface area contributed by atoms with Crippen LogP contribution in [0.3, 0.4) is 0 Å². The van der Waals surface area contributed by atoms with Crippen LogP contribution in [-0.4, -0.2) is 0 Å². The van der Waals surface area contributed by atoms with E-state index in [0.29, 0.717) is 23.7 Å². The third-order valence-electron chi connectivity index (χ3n) is 7.92. The smallest absolute Gasteiger partial charge is 0.00983 e. The fourth-order valence-electron chi connectivity index (χ4n) is 5.12. The maximum atomic E-state index is 2.37. The van der Waals surface area contributed by atoms with Gasteiger partial charge in [0.2, 0.25) is 0 Å². The lowest BCUT2D eigenvalue weighted by molar-refractivity contribution is 0.642. The first-order valence-corrected chi connectivity index (χ1v) is 13.4. The second-order valence-electron chi connectivity index (χ2n) is 10.1. The number of hydrogen-bond acceptors (Lipinski definition) is 0. The van der Waals surface area contributed by atoms with Crippen LogP contribution in [0, 0.1) is 0 Å². The summed E-state index contributed by atoms with van der Waals surface area (Å²) in [6.45, 7) is 9.17. The van der Waals surface area contributed by atoms with E-state index in [1.165, 1.54) is 46.2 Å². The minimum atomic E-state index is 0.335. The van der Waals surface area contributed by atoms with Gasteiger partial charge in [0, 0.05) is 11.8 Å². The average molecular weight is 461 g/mol. The van der Waals surface area contributed by atoms with Gasteiger partial charge in [-0.05, 0) is 64.5 Å². The minimum absolute atomic E-state index is 0.335. The highest BCUT2D eigenvalue weighted by atomic mass is 14.3. The molecule has 180 valence electrons. The zero-order valence-corrected chi connectivity index (χ0v) is 21.8. The summed E-state index contributed by atoms with van der Waals surface area (Å²) in [4.78, 5) is 0. The topological polar surface area (TPSA) is 0 Å². The van der Waals surface area contributed by atoms with Gasteiger partial charge in [-0.2, -0.15) is 0 Å². The van der Waals surface area contributed by atoms with E-state index < -0.39 is 0 Å². The van der Waals surface area contributed by atoms with Crippen molar-refractivity contribution in [2.24, 2.45) is 0 Å². The second kappa shape index (κ2) is 12.0. The molecule has 4 aromatic carbocycles. The molecule has 0 heteroatoms. The van der Waals surface area contributed by atoms with Gasteiger partial charge in [0.25, 0.3) is 0 Å². The van der Waals surface area contributed by atoms with E-state index in [4.69, 9.17) is 0 Å². The van der Waals surface area contributed by atoms with Crippen LogP contribution >= 0.6 is 0 Å². The molecule has 0 bridgehead atoms. The summed E-state index contributed by atoms with van der Waals surface area (Å²) in [6, 6.07) is 41.0. The van der Waals surface area contributed by atoms with Crippen molar-refractivity contribution < 1.29 is 0 Å². The summed E-state index contributed by atoms with van der Waals surface area (Å²) >= 11 is 0. The molecule has 4 unspecified atom stereocenters. The third-order valence-corrected chi connectivity index (χ3v) is 7.92. The Hall–Kier alpha value is -3.12. The van der Waals surface area contributed by atoms with Gasteiger partial charge in [0.15, 0.2) is 0 Å². The molecule has 0 saturated heterocycles. The molecule has 0 aromatic heterocycles. The first-order valence-electron chi connectivity index (χ1n) is 13.4. The number of hydrogen-bond donors (Lipinski definition) is 0. The van der Waals surface area contributed by atoms with E-state index in [1.807, 2.05) is 0 Å². The highest BCUT2D eigenvalue weighted by Crippen LogP contribution is 2.39. The van der Waals surface area contributed by atoms with Crippen molar-refractivity contribution in [3.63, 3.8) is 0 Å². The number of rotatable bonds is 10. The van der Waals surface area contributed by atoms with Gasteiger partial charge in [0.1, 0.15) is 0 Å². The SMILES string of the molecule is CCC(C)c1ccc(C(CC(c2ccccc2)c2ccc(C(C)CC)cc2)c2ccccc2)cc1. The summed E-state index contributed by atoms with van der Waals surface area (Å²) in [5, 5.41) is 0. The molecular formula is C35H40. The van der Waals surface area contributed by atoms with Gasteiger partial charge in [-0.1, -0.05) is 137 Å². The minimum Gasteiger partial charge on any atom is -0.0648 e. The largest absolute Gasteiger partial charge is 0.0648 e. The Morgan fingerprint density at radius 2 is 0.686 bits per heavy atom. The van der Waals surface area contributed by atoms with E-state index in [2.05, 4.69) is 137 Å². The molecule has 4 rings (SSSR count). The van der Waals surface area contributed by atoms with Gasteiger partial charge in [-0.25, -0.2) is 0 Å². The Balaban J connectivity index is 1.73. The lowest BCUT2D eigenvalue weighted by Gasteiger charge is -2.26. The first-order chi connectivity index (χ1) is 17.1. The summed E-state index contributed by atoms with van der Waals surface area (Å²) in [5.41, 5.74) is 8.45. The zero-order chi connectivity index (χ0) is 24.6. The summed E-state index contributed by atoms with van der Waals surface area (Å²) in [6.07, 6.45) is 3.38. The number of benzene rings is 4. The predicted octanol–water partition coefficient (Wildman–Crippen LogP) is 10.1. The fraction of sp³-hybridized carbons (Fsp3) is 0.314. The van der Waals surface area contributed by atoms with Crippen LogP contribution in [0.25, 0.3) is 0 Å². The van der Waals surface area contributed by atoms with Gasteiger partial charge in [-0.15, -0.1) is 0 Å². The molecule has 0 fully saturated rings. The standard InChI is InChI=1S/C35H40/c1-5-26(3)28-17-21-32(22-18-28)34(30-13-9-7-10-14-30)25-35(31-15-11-8-12-16-31)33-23-19-29(20-24-33)27(4)6-2/h7-24,26-27,34-35H,5-6,25H2,1-4H3. The average Bonchev–Trinajstić information content (AvgIpc) is 2.94. The van der Waals surface area contributed by atoms with E-state index in [9.17, 15) is 0 Å². The molecule has 0 amide bonds. The third kappa shape index (κ3) is 6.12. The molecule has 4 aromatic rings. The fourth-order valence-corrected chi connectivity index (χ4v) is 5.12. The van der Waals surface area contributed by atoms with Crippen LogP contribution in [0.4, 0.5) is 0 Å². The zero-order valence-electron chi connectivity index (χ0n) is 21.8. The quantitative estimate of drug-likeness (QED) is 0.221. The van der Waals surface area contributed by atoms with Crippen LogP contribution in [0.15, 0.2) is 109 Å². The molecule has 0 heterocycles. The molecule has 4 atom stereocenters. The van der Waals surface area contributed by atoms with Crippen molar-refractivity contribution in [3.8, 4) is 0 Å². The highest BCUT2D eigenvalue weighted by Gasteiger charge is 2.23. The van der Waals surface area contributed by atoms with Crippen molar-refractivity contribution in [2.45, 2.75) is 70.6 Å². The highest BCUT2D eigenvalue weighted by molar-refractivity contribution is 5.40. The molecule has 0 nitrogen and oxygen atoms in total. The lowest BCUT2D eigenvalue weighted by atomic mass is 9.77. The van der Waals surface area contributed by atoms with Crippen LogP contribution in [0.1, 0.15) is 104 Å². The molecule has 0 spiro atoms. The Morgan fingerprint density at radius 3 is 1.00 bits per heavy atom. The van der Waals surface area contributed by atoms with Gasteiger partial charge >= 0.3 is 0 Å². The molecule has 0 radical (unpaired) electrons. The van der Waals surface area contributed by atoms with E-state index in [0.717, 1.165) is 6.42 Å². The second-order valence-corrected chi connectivity index (χ2v) is 10.1. The van der Waals surface area contributed by atoms with E-state index in [-0.39, 0.29) is 0 Å². The Kier molecular flexibility index (Phi) is 8.59. The monoisotopic (exact) mass is 460 g/mol. The molecule has 0 saturated carbocycles. The van der Waals surface area contributed by atoms with Crippen molar-refractivity contribution in [3.05, 3.63) is 143 Å². The molecule has 0 aliphatic heterocycles. The maximum absolute atomic E-state index is 2.37. The summed E-state index contributed by atoms with van der Waals surface area (Å²) in [7, 11) is 0. The van der Waals surface area contributed by atoms with Crippen molar-refractivity contribution in [1.82, 2.24) is 0 Å². The Labute approximate surface area is 213 Å². The van der Waals surface area contributed by atoms with Crippen molar-refractivity contribution in [1.29, 1.82) is 0 Å². The van der Waals surface area contributed by atoms with Crippen molar-refractivity contribution in [2.75, 3.05) is 0 Å². The molecule has 0 N–H and O–H groups in total. The lowest BCUT2D eigenvalue weighted by Crippen LogP contribution is -2.10. The first kappa shape index (κ1) is 25.0. The van der Waals surface area contributed by atoms with Gasteiger partial charge in [0.05, 0.1) is 0 Å². The maximum Gasteiger partial charge on any atom is 0.00983 e. The molecular weight excluding hydrogens is 420 g/mol. The van der Waals surface area contributed by atoms with E-state index >= 15 is 0 Å². The van der Waals surface area contributed by atoms with E-state index in [1.54, 1.807) is 0 Å². The van der Waals surface area contributed by atoms with Gasteiger partial charge in [-0.3, -0.25) is 0 Å². The van der Waals surface area contributed by atoms with Gasteiger partial charge < -0.3 is 0 Å². The molecule has 35 heavy (non-hydrogen) atoms.